The van der Waals surface area contributed by atoms with Crippen molar-refractivity contribution in [2.75, 3.05) is 19.6 Å². The van der Waals surface area contributed by atoms with Crippen LogP contribution in [0.5, 0.6) is 23.0 Å². The maximum absolute atomic E-state index is 15.8. The second-order valence-electron chi connectivity index (χ2n) is 27.1. The molecule has 10 aromatic carbocycles. The number of amides is 8. The average molecular weight is 1660 g/mol. The molecule has 600 valence electrons. The van der Waals surface area contributed by atoms with E-state index in [0.717, 1.165) is 97.1 Å². The molecule has 0 fully saturated rings. The number of alkyl halides is 18. The van der Waals surface area contributed by atoms with Crippen molar-refractivity contribution in [3.05, 3.63) is 306 Å². The number of ether oxygens (including phenoxy) is 4. The highest BCUT2D eigenvalue weighted by atomic mass is 19.4. The van der Waals surface area contributed by atoms with Gasteiger partial charge in [-0.25, -0.2) is 38.8 Å². The largest absolute Gasteiger partial charge is 0.457 e. The summed E-state index contributed by atoms with van der Waals surface area (Å²) >= 11 is 0. The van der Waals surface area contributed by atoms with E-state index in [4.69, 9.17) is 9.47 Å². The van der Waals surface area contributed by atoms with Gasteiger partial charge in [-0.15, -0.1) is 0 Å². The summed E-state index contributed by atoms with van der Waals surface area (Å²) in [7, 11) is 0. The quantitative estimate of drug-likeness (QED) is 0.0424. The van der Waals surface area contributed by atoms with Crippen LogP contribution in [0.3, 0.4) is 0 Å². The summed E-state index contributed by atoms with van der Waals surface area (Å²) < 4.78 is 297. The molecule has 8 amide bonds. The summed E-state index contributed by atoms with van der Waals surface area (Å²) in [6.07, 6.45) is -37.8. The molecule has 6 heterocycles. The van der Waals surface area contributed by atoms with Gasteiger partial charge in [-0.1, -0.05) is 36.4 Å². The molecule has 6 aliphatic heterocycles. The molecule has 0 radical (unpaired) electrons. The van der Waals surface area contributed by atoms with Crippen molar-refractivity contribution in [1.82, 2.24) is 0 Å². The number of halogens is 18. The highest BCUT2D eigenvalue weighted by molar-refractivity contribution is 6.37. The van der Waals surface area contributed by atoms with Crippen LogP contribution < -0.4 is 29.1 Å². The van der Waals surface area contributed by atoms with Crippen LogP contribution in [-0.4, -0.2) is 108 Å². The molecule has 0 atom stereocenters. The molecule has 10 aromatic rings. The highest BCUT2D eigenvalue weighted by Gasteiger charge is 2.76. The number of anilines is 4. The van der Waals surface area contributed by atoms with Gasteiger partial charge in [0.25, 0.3) is 47.3 Å². The number of hydrogen-bond donors (Lipinski definition) is 0. The summed E-state index contributed by atoms with van der Waals surface area (Å²) in [5.74, 6) is -16.6. The number of rotatable bonds is 14. The Labute approximate surface area is 649 Å². The Kier molecular flexibility index (Phi) is 17.2. The molecule has 0 saturated carbocycles. The number of carbonyl (C=O) groups is 12. The van der Waals surface area contributed by atoms with Crippen LogP contribution in [0.1, 0.15) is 158 Å². The number of carbonyl (C=O) groups excluding carboxylic acids is 12. The molecule has 0 saturated heterocycles. The SMILES string of the molecule is O=C1OC(=O)c2cc(C(c3ccc4c(c3)C(=O)N(c3ccc(Oc5ccc(N6C(=O)c7ccc(C(c8ccc9c(c8)C(=O)N(c8ccc(Oc%10ccc(N%11C(=O)c%12ccc(C(c%13ccc%14c(c%13)C(=O)OC%14=O)(C(F)(F)F)C(F)(F)F)cc%12C%11=O)cc%10)cc8)C9=O)(C(F)(F)F)C(F)(F)F)cc7C6=O)cc5)cc3)C4=O)(C(F)(F)F)C(F)(F)F)ccc21. The summed E-state index contributed by atoms with van der Waals surface area (Å²) in [6, 6.07) is 24.0. The van der Waals surface area contributed by atoms with Gasteiger partial charge in [0.1, 0.15) is 23.0 Å². The van der Waals surface area contributed by atoms with E-state index in [1.807, 2.05) is 0 Å². The molecule has 0 unspecified atom stereocenters. The zero-order valence-corrected chi connectivity index (χ0v) is 58.3. The lowest BCUT2D eigenvalue weighted by Crippen LogP contribution is -2.55. The Hall–Kier alpha value is -14.6. The first-order valence-corrected chi connectivity index (χ1v) is 33.9. The summed E-state index contributed by atoms with van der Waals surface area (Å²) in [5, 5.41) is 0. The number of benzene rings is 10. The molecule has 0 bridgehead atoms. The fraction of sp³-hybridized carbons (Fsp3) is 0.111. The zero-order chi connectivity index (χ0) is 85.6. The van der Waals surface area contributed by atoms with Crippen molar-refractivity contribution < 1.29 is 156 Å². The number of hydrogen-bond acceptors (Lipinski definition) is 16. The van der Waals surface area contributed by atoms with Gasteiger partial charge < -0.3 is 18.9 Å². The lowest BCUT2D eigenvalue weighted by atomic mass is 9.71. The third-order valence-electron chi connectivity index (χ3n) is 20.8. The van der Waals surface area contributed by atoms with Crippen molar-refractivity contribution in [1.29, 1.82) is 0 Å². The van der Waals surface area contributed by atoms with Gasteiger partial charge in [-0.2, -0.15) is 79.0 Å². The van der Waals surface area contributed by atoms with Crippen LogP contribution in [0, 0.1) is 0 Å². The summed E-state index contributed by atoms with van der Waals surface area (Å²) in [4.78, 5) is 161. The van der Waals surface area contributed by atoms with E-state index in [-0.39, 0.29) is 94.3 Å². The van der Waals surface area contributed by atoms with E-state index >= 15 is 79.0 Å². The molecule has 0 aliphatic carbocycles. The van der Waals surface area contributed by atoms with Crippen molar-refractivity contribution in [3.8, 4) is 23.0 Å². The molecule has 16 rings (SSSR count). The minimum Gasteiger partial charge on any atom is -0.457 e. The Balaban J connectivity index is 0.593. The van der Waals surface area contributed by atoms with Crippen molar-refractivity contribution in [2.45, 2.75) is 53.3 Å². The van der Waals surface area contributed by atoms with Gasteiger partial charge in [0.15, 0.2) is 0 Å². The number of fused-ring (bicyclic) bond motifs is 6. The molecular formula is C81H34F18N4O16. The van der Waals surface area contributed by atoms with E-state index in [0.29, 0.717) is 80.3 Å². The monoisotopic (exact) mass is 1660 g/mol. The topological polar surface area (TPSA) is 255 Å². The van der Waals surface area contributed by atoms with Crippen LogP contribution >= 0.6 is 0 Å². The first-order chi connectivity index (χ1) is 55.8. The summed E-state index contributed by atoms with van der Waals surface area (Å²) in [6.45, 7) is 0. The second kappa shape index (κ2) is 26.2. The van der Waals surface area contributed by atoms with Crippen molar-refractivity contribution in [2.24, 2.45) is 0 Å². The van der Waals surface area contributed by atoms with Crippen LogP contribution in [-0.2, 0) is 25.7 Å². The average Bonchev–Trinajstić information content (AvgIpc) is 1.66. The fourth-order valence-corrected chi connectivity index (χ4v) is 15.3. The second-order valence-corrected chi connectivity index (χ2v) is 27.1. The predicted molar refractivity (Wildman–Crippen MR) is 367 cm³/mol. The van der Waals surface area contributed by atoms with Gasteiger partial charge in [0, 0.05) is 0 Å². The van der Waals surface area contributed by atoms with Crippen LogP contribution in [0.25, 0.3) is 0 Å². The molecule has 0 spiro atoms. The van der Waals surface area contributed by atoms with Crippen LogP contribution in [0.2, 0.25) is 0 Å². The third kappa shape index (κ3) is 11.4. The van der Waals surface area contributed by atoms with Crippen molar-refractivity contribution in [3.63, 3.8) is 0 Å². The Bertz CT molecular complexity index is 5870. The lowest BCUT2D eigenvalue weighted by molar-refractivity contribution is -0.290. The fourth-order valence-electron chi connectivity index (χ4n) is 15.3. The van der Waals surface area contributed by atoms with E-state index < -0.39 is 225 Å². The molecule has 0 aromatic heterocycles. The van der Waals surface area contributed by atoms with E-state index in [2.05, 4.69) is 9.47 Å². The standard InChI is InChI=1S/C81H34F18N4O16/c82-76(83,84)73(77(85,86)87,35-1-23-49-55(29-35)65(108)100(61(49)104)41-7-15-45(16-8-41)116-47-19-11-43(12-20-47)102-63(106)51-25-3-37(31-57(51)67(102)110)74(78(88,89)90,79(91,92)93)39-5-27-53-59(33-39)71(114)118-69(53)112)36-2-24-50-56(30-36)66(109)101(62(50)105)42-9-17-46(18-10-42)117-48-21-13-44(14-22-48)103-64(107)52-26-4-38(32-58(52)68(103)111)75(80(94,95)96,81(97,98)99)40-6-28-54-60(34-40)72(115)119-70(54)113/h1-34H. The minimum absolute atomic E-state index is 0.0986. The van der Waals surface area contributed by atoms with E-state index in [1.54, 1.807) is 0 Å². The Morgan fingerprint density at radius 3 is 0.538 bits per heavy atom. The predicted octanol–water partition coefficient (Wildman–Crippen LogP) is 17.3. The maximum atomic E-state index is 15.8. The molecule has 119 heavy (non-hydrogen) atoms. The zero-order valence-electron chi connectivity index (χ0n) is 58.3. The number of cyclic esters (lactones) is 4. The highest BCUT2D eigenvalue weighted by Crippen LogP contribution is 2.61. The van der Waals surface area contributed by atoms with Gasteiger partial charge in [0.05, 0.1) is 89.5 Å². The number of imide groups is 4. The van der Waals surface area contributed by atoms with Crippen LogP contribution in [0.4, 0.5) is 102 Å². The van der Waals surface area contributed by atoms with Gasteiger partial charge in [-0.05, 0) is 203 Å². The third-order valence-corrected chi connectivity index (χ3v) is 20.8. The normalized spacial score (nSPS) is 15.7. The molecule has 0 N–H and O–H groups in total. The van der Waals surface area contributed by atoms with Crippen molar-refractivity contribution >= 4 is 93.9 Å². The first-order valence-electron chi connectivity index (χ1n) is 33.9. The molecular weight excluding hydrogens is 1630 g/mol. The first kappa shape index (κ1) is 78.3. The number of nitrogens with zero attached hydrogens (tertiary/aromatic N) is 4. The molecule has 6 aliphatic rings. The van der Waals surface area contributed by atoms with E-state index in [1.165, 1.54) is 0 Å². The minimum atomic E-state index is -6.40. The Morgan fingerprint density at radius 1 is 0.193 bits per heavy atom. The van der Waals surface area contributed by atoms with Gasteiger partial charge in [0.2, 0.25) is 16.2 Å². The molecule has 38 heteroatoms. The lowest BCUT2D eigenvalue weighted by Gasteiger charge is -2.38. The van der Waals surface area contributed by atoms with E-state index in [9.17, 15) is 57.5 Å². The van der Waals surface area contributed by atoms with Gasteiger partial charge in [-0.3, -0.25) is 38.4 Å². The smallest absolute Gasteiger partial charge is 0.411 e. The molecule has 20 nitrogen and oxygen atoms in total. The van der Waals surface area contributed by atoms with Gasteiger partial charge >= 0.3 is 60.9 Å². The summed E-state index contributed by atoms with van der Waals surface area (Å²) in [5.41, 5.74) is -35.4. The van der Waals surface area contributed by atoms with Crippen LogP contribution in [0.15, 0.2) is 206 Å². The maximum Gasteiger partial charge on any atom is 0.411 e. The Morgan fingerprint density at radius 2 is 0.353 bits per heavy atom. The number of esters is 4.